The quantitative estimate of drug-likeness (QED) is 0.569. The molecule has 3 aromatic rings. The van der Waals surface area contributed by atoms with Crippen LogP contribution in [0, 0.1) is 6.92 Å². The van der Waals surface area contributed by atoms with Crippen molar-refractivity contribution < 1.29 is 17.9 Å². The summed E-state index contributed by atoms with van der Waals surface area (Å²) in [7, 11) is -3.76. The smallest absolute Gasteiger partial charge is 0.253 e. The summed E-state index contributed by atoms with van der Waals surface area (Å²) in [6.45, 7) is 3.23. The number of sulfonamides is 1. The first-order chi connectivity index (χ1) is 15.9. The Balaban J connectivity index is 1.66. The SMILES string of the molecule is Cc1ccc(C(NC(=O)c2cc(S(=O)(=O)N3CCOCC3)ccc2Cl)c2ccccc2)cc1. The standard InChI is InChI=1S/C25H25ClN2O4S/c1-18-7-9-20(10-8-18)24(19-5-3-2-4-6-19)27-25(29)22-17-21(11-12-23(22)26)33(30,31)28-13-15-32-16-14-28/h2-12,17,24H,13-16H2,1H3,(H,27,29). The topological polar surface area (TPSA) is 75.7 Å². The minimum Gasteiger partial charge on any atom is -0.379 e. The van der Waals surface area contributed by atoms with E-state index in [1.165, 1.54) is 22.5 Å². The normalized spacial score (nSPS) is 15.7. The number of nitrogens with one attached hydrogen (secondary N) is 1. The lowest BCUT2D eigenvalue weighted by atomic mass is 9.97. The zero-order chi connectivity index (χ0) is 23.4. The lowest BCUT2D eigenvalue weighted by Gasteiger charge is -2.26. The van der Waals surface area contributed by atoms with E-state index in [-0.39, 0.29) is 28.6 Å². The molecule has 4 rings (SSSR count). The molecule has 1 unspecified atom stereocenters. The molecule has 0 bridgehead atoms. The average molecular weight is 485 g/mol. The van der Waals surface area contributed by atoms with E-state index in [1.807, 2.05) is 61.5 Å². The predicted molar refractivity (Wildman–Crippen MR) is 128 cm³/mol. The van der Waals surface area contributed by atoms with Crippen molar-refractivity contribution in [2.45, 2.75) is 17.9 Å². The molecule has 0 aromatic heterocycles. The number of hydrogen-bond donors (Lipinski definition) is 1. The Morgan fingerprint density at radius 2 is 1.61 bits per heavy atom. The molecule has 1 aliphatic heterocycles. The second-order valence-electron chi connectivity index (χ2n) is 7.89. The molecule has 1 N–H and O–H groups in total. The van der Waals surface area contributed by atoms with E-state index in [2.05, 4.69) is 5.32 Å². The third kappa shape index (κ3) is 5.28. The van der Waals surface area contributed by atoms with Crippen LogP contribution in [0.15, 0.2) is 77.7 Å². The van der Waals surface area contributed by atoms with Crippen molar-refractivity contribution in [2.75, 3.05) is 26.3 Å². The highest BCUT2D eigenvalue weighted by atomic mass is 35.5. The number of morpholine rings is 1. The van der Waals surface area contributed by atoms with E-state index in [0.717, 1.165) is 16.7 Å². The Labute approximate surface area is 199 Å². The van der Waals surface area contributed by atoms with Crippen molar-refractivity contribution in [3.63, 3.8) is 0 Å². The van der Waals surface area contributed by atoms with Gasteiger partial charge in [-0.25, -0.2) is 8.42 Å². The second kappa shape index (κ2) is 10.1. The molecule has 0 radical (unpaired) electrons. The van der Waals surface area contributed by atoms with Crippen LogP contribution in [-0.4, -0.2) is 44.9 Å². The molecule has 33 heavy (non-hydrogen) atoms. The van der Waals surface area contributed by atoms with Gasteiger partial charge in [-0.15, -0.1) is 0 Å². The third-order valence-corrected chi connectivity index (χ3v) is 7.83. The maximum absolute atomic E-state index is 13.3. The Kier molecular flexibility index (Phi) is 7.14. The van der Waals surface area contributed by atoms with Crippen LogP contribution in [0.1, 0.15) is 33.1 Å². The molecule has 1 atom stereocenters. The van der Waals surface area contributed by atoms with Gasteiger partial charge in [-0.05, 0) is 36.2 Å². The minimum atomic E-state index is -3.76. The number of aryl methyl sites for hydroxylation is 1. The van der Waals surface area contributed by atoms with Crippen LogP contribution >= 0.6 is 11.6 Å². The Bertz CT molecular complexity index is 1230. The molecule has 1 heterocycles. The Hall–Kier alpha value is -2.71. The zero-order valence-electron chi connectivity index (χ0n) is 18.2. The van der Waals surface area contributed by atoms with Gasteiger partial charge in [0, 0.05) is 13.1 Å². The van der Waals surface area contributed by atoms with E-state index in [1.54, 1.807) is 0 Å². The van der Waals surface area contributed by atoms with E-state index in [9.17, 15) is 13.2 Å². The van der Waals surface area contributed by atoms with E-state index in [0.29, 0.717) is 13.2 Å². The van der Waals surface area contributed by atoms with Crippen LogP contribution in [0.5, 0.6) is 0 Å². The molecular weight excluding hydrogens is 460 g/mol. The number of rotatable bonds is 6. The third-order valence-electron chi connectivity index (χ3n) is 5.61. The number of benzene rings is 3. The van der Waals surface area contributed by atoms with Crippen LogP contribution in [0.2, 0.25) is 5.02 Å². The highest BCUT2D eigenvalue weighted by Crippen LogP contribution is 2.27. The van der Waals surface area contributed by atoms with Gasteiger partial charge in [0.2, 0.25) is 10.0 Å². The summed E-state index contributed by atoms with van der Waals surface area (Å²) in [5, 5.41) is 3.22. The maximum atomic E-state index is 13.3. The van der Waals surface area contributed by atoms with Crippen molar-refractivity contribution in [3.05, 3.63) is 100 Å². The Morgan fingerprint density at radius 1 is 0.970 bits per heavy atom. The number of carbonyl (C=O) groups excluding carboxylic acids is 1. The maximum Gasteiger partial charge on any atom is 0.253 e. The summed E-state index contributed by atoms with van der Waals surface area (Å²) in [6.07, 6.45) is 0. The van der Waals surface area contributed by atoms with Crippen LogP contribution in [-0.2, 0) is 14.8 Å². The largest absolute Gasteiger partial charge is 0.379 e. The molecule has 0 spiro atoms. The van der Waals surface area contributed by atoms with Crippen LogP contribution in [0.25, 0.3) is 0 Å². The molecule has 1 aliphatic rings. The molecule has 0 aliphatic carbocycles. The highest BCUT2D eigenvalue weighted by Gasteiger charge is 2.28. The minimum absolute atomic E-state index is 0.0329. The lowest BCUT2D eigenvalue weighted by Crippen LogP contribution is -2.40. The number of carbonyl (C=O) groups is 1. The van der Waals surface area contributed by atoms with Crippen molar-refractivity contribution in [2.24, 2.45) is 0 Å². The fourth-order valence-corrected chi connectivity index (χ4v) is 5.39. The Morgan fingerprint density at radius 3 is 2.27 bits per heavy atom. The fourth-order valence-electron chi connectivity index (χ4n) is 3.75. The first kappa shape index (κ1) is 23.4. The summed E-state index contributed by atoms with van der Waals surface area (Å²) in [6, 6.07) is 21.3. The molecule has 8 heteroatoms. The van der Waals surface area contributed by atoms with Crippen molar-refractivity contribution in [3.8, 4) is 0 Å². The van der Waals surface area contributed by atoms with Gasteiger partial charge in [-0.3, -0.25) is 4.79 Å². The molecule has 0 saturated carbocycles. The van der Waals surface area contributed by atoms with Gasteiger partial charge in [0.25, 0.3) is 5.91 Å². The summed E-state index contributed by atoms with van der Waals surface area (Å²) in [4.78, 5) is 13.4. The van der Waals surface area contributed by atoms with Gasteiger partial charge in [-0.1, -0.05) is 71.8 Å². The molecule has 3 aromatic carbocycles. The van der Waals surface area contributed by atoms with Crippen LogP contribution in [0.4, 0.5) is 0 Å². The molecule has 1 fully saturated rings. The fraction of sp³-hybridized carbons (Fsp3) is 0.240. The van der Waals surface area contributed by atoms with Crippen molar-refractivity contribution >= 4 is 27.5 Å². The van der Waals surface area contributed by atoms with E-state index >= 15 is 0 Å². The highest BCUT2D eigenvalue weighted by molar-refractivity contribution is 7.89. The van der Waals surface area contributed by atoms with Crippen LogP contribution in [0.3, 0.4) is 0 Å². The predicted octanol–water partition coefficient (Wildman–Crippen LogP) is 4.19. The van der Waals surface area contributed by atoms with Gasteiger partial charge in [-0.2, -0.15) is 4.31 Å². The van der Waals surface area contributed by atoms with Gasteiger partial charge >= 0.3 is 0 Å². The summed E-state index contributed by atoms with van der Waals surface area (Å²) in [5.41, 5.74) is 3.04. The average Bonchev–Trinajstić information content (AvgIpc) is 2.84. The zero-order valence-corrected chi connectivity index (χ0v) is 19.8. The number of hydrogen-bond acceptors (Lipinski definition) is 4. The summed E-state index contributed by atoms with van der Waals surface area (Å²) in [5.74, 6) is -0.451. The molecule has 1 saturated heterocycles. The van der Waals surface area contributed by atoms with E-state index < -0.39 is 22.0 Å². The monoisotopic (exact) mass is 484 g/mol. The number of amides is 1. The molecular formula is C25H25ClN2O4S. The number of nitrogens with zero attached hydrogens (tertiary/aromatic N) is 1. The first-order valence-corrected chi connectivity index (χ1v) is 12.5. The van der Waals surface area contributed by atoms with Gasteiger partial charge in [0.1, 0.15) is 0 Å². The van der Waals surface area contributed by atoms with Gasteiger partial charge in [0.05, 0.1) is 34.7 Å². The second-order valence-corrected chi connectivity index (χ2v) is 10.2. The molecule has 1 amide bonds. The summed E-state index contributed by atoms with van der Waals surface area (Å²) >= 11 is 6.33. The van der Waals surface area contributed by atoms with Gasteiger partial charge < -0.3 is 10.1 Å². The van der Waals surface area contributed by atoms with E-state index in [4.69, 9.17) is 16.3 Å². The first-order valence-electron chi connectivity index (χ1n) is 10.7. The number of halogens is 1. The van der Waals surface area contributed by atoms with Crippen LogP contribution < -0.4 is 5.32 Å². The van der Waals surface area contributed by atoms with Crippen molar-refractivity contribution in [1.82, 2.24) is 9.62 Å². The van der Waals surface area contributed by atoms with Crippen molar-refractivity contribution in [1.29, 1.82) is 0 Å². The lowest BCUT2D eigenvalue weighted by molar-refractivity contribution is 0.0730. The molecule has 6 nitrogen and oxygen atoms in total. The molecule has 172 valence electrons. The number of ether oxygens (including phenoxy) is 1. The summed E-state index contributed by atoms with van der Waals surface area (Å²) < 4.78 is 32.7. The van der Waals surface area contributed by atoms with Gasteiger partial charge in [0.15, 0.2) is 0 Å².